The smallest absolute Gasteiger partial charge is 0.266 e. The minimum Gasteiger partial charge on any atom is -0.497 e. The molecule has 0 atom stereocenters. The van der Waals surface area contributed by atoms with Crippen molar-refractivity contribution in [3.63, 3.8) is 0 Å². The molecule has 114 valence electrons. The lowest BCUT2D eigenvalue weighted by molar-refractivity contribution is 0.0626. The van der Waals surface area contributed by atoms with Crippen LogP contribution in [0.1, 0.15) is 36.9 Å². The molecule has 0 unspecified atom stereocenters. The van der Waals surface area contributed by atoms with Crippen molar-refractivity contribution in [3.05, 3.63) is 23.1 Å². The van der Waals surface area contributed by atoms with E-state index in [-0.39, 0.29) is 11.4 Å². The molecule has 1 aromatic heterocycles. The lowest BCUT2D eigenvalue weighted by Crippen LogP contribution is -2.44. The molecule has 2 N–H and O–H groups in total. The SMILES string of the molecule is CCC(C)(C)N(C)C(=O)c1sc2cc(OC)ccc2c1N. The Balaban J connectivity index is 2.47. The fraction of sp³-hybridized carbons (Fsp3) is 0.438. The highest BCUT2D eigenvalue weighted by molar-refractivity contribution is 7.21. The van der Waals surface area contributed by atoms with Gasteiger partial charge in [-0.25, -0.2) is 0 Å². The van der Waals surface area contributed by atoms with E-state index in [9.17, 15) is 4.79 Å². The summed E-state index contributed by atoms with van der Waals surface area (Å²) in [7, 11) is 3.46. The molecule has 0 saturated heterocycles. The van der Waals surface area contributed by atoms with Crippen LogP contribution in [-0.2, 0) is 0 Å². The molecule has 1 aromatic carbocycles. The number of hydrogen-bond acceptors (Lipinski definition) is 4. The summed E-state index contributed by atoms with van der Waals surface area (Å²) in [5.41, 5.74) is 6.54. The summed E-state index contributed by atoms with van der Waals surface area (Å²) >= 11 is 1.42. The van der Waals surface area contributed by atoms with Crippen molar-refractivity contribution < 1.29 is 9.53 Å². The third-order valence-corrected chi connectivity index (χ3v) is 5.36. The fourth-order valence-corrected chi connectivity index (χ4v) is 3.17. The van der Waals surface area contributed by atoms with Gasteiger partial charge in [-0.15, -0.1) is 11.3 Å². The van der Waals surface area contributed by atoms with Gasteiger partial charge < -0.3 is 15.4 Å². The number of hydrogen-bond donors (Lipinski definition) is 1. The van der Waals surface area contributed by atoms with Gasteiger partial charge in [-0.1, -0.05) is 6.92 Å². The summed E-state index contributed by atoms with van der Waals surface area (Å²) in [5.74, 6) is 0.740. The van der Waals surface area contributed by atoms with Gasteiger partial charge in [-0.3, -0.25) is 4.79 Å². The van der Waals surface area contributed by atoms with E-state index < -0.39 is 0 Å². The number of ether oxygens (including phenoxy) is 1. The number of carbonyl (C=O) groups is 1. The van der Waals surface area contributed by atoms with Crippen molar-refractivity contribution in [2.45, 2.75) is 32.7 Å². The molecule has 4 nitrogen and oxygen atoms in total. The van der Waals surface area contributed by atoms with E-state index >= 15 is 0 Å². The van der Waals surface area contributed by atoms with Gasteiger partial charge in [0.05, 0.1) is 12.8 Å². The highest BCUT2D eigenvalue weighted by atomic mass is 32.1. The molecule has 2 aromatic rings. The monoisotopic (exact) mass is 306 g/mol. The minimum absolute atomic E-state index is 0.0282. The van der Waals surface area contributed by atoms with Gasteiger partial charge in [0.1, 0.15) is 10.6 Å². The molecule has 0 spiro atoms. The summed E-state index contributed by atoms with van der Waals surface area (Å²) in [4.78, 5) is 15.1. The largest absolute Gasteiger partial charge is 0.497 e. The summed E-state index contributed by atoms with van der Waals surface area (Å²) in [6, 6.07) is 5.68. The van der Waals surface area contributed by atoms with Crippen molar-refractivity contribution in [3.8, 4) is 5.75 Å². The van der Waals surface area contributed by atoms with Crippen molar-refractivity contribution in [2.75, 3.05) is 19.9 Å². The first-order valence-corrected chi connectivity index (χ1v) is 7.77. The second-order valence-electron chi connectivity index (χ2n) is 5.74. The molecule has 0 aliphatic carbocycles. The second kappa shape index (κ2) is 5.56. The molecule has 0 fully saturated rings. The molecule has 5 heteroatoms. The fourth-order valence-electron chi connectivity index (χ4n) is 2.05. The van der Waals surface area contributed by atoms with Crippen LogP contribution in [0.2, 0.25) is 0 Å². The topological polar surface area (TPSA) is 55.6 Å². The molecule has 0 bridgehead atoms. The van der Waals surface area contributed by atoms with Gasteiger partial charge in [0.25, 0.3) is 5.91 Å². The molecule has 0 aliphatic heterocycles. The van der Waals surface area contributed by atoms with Crippen LogP contribution in [-0.4, -0.2) is 30.5 Å². The maximum absolute atomic E-state index is 12.7. The molecule has 0 saturated carbocycles. The Bertz CT molecular complexity index is 676. The van der Waals surface area contributed by atoms with Crippen LogP contribution in [0.25, 0.3) is 10.1 Å². The molecular formula is C16H22N2O2S. The van der Waals surface area contributed by atoms with Gasteiger partial charge in [0.15, 0.2) is 0 Å². The van der Waals surface area contributed by atoms with Crippen LogP contribution >= 0.6 is 11.3 Å². The first-order chi connectivity index (χ1) is 9.81. The predicted octanol–water partition coefficient (Wildman–Crippen LogP) is 3.75. The van der Waals surface area contributed by atoms with E-state index in [1.54, 1.807) is 12.0 Å². The summed E-state index contributed by atoms with van der Waals surface area (Å²) < 4.78 is 6.19. The molecule has 1 amide bonds. The quantitative estimate of drug-likeness (QED) is 0.936. The number of benzene rings is 1. The van der Waals surface area contributed by atoms with E-state index in [4.69, 9.17) is 10.5 Å². The lowest BCUT2D eigenvalue weighted by atomic mass is 9.99. The highest BCUT2D eigenvalue weighted by Gasteiger charge is 2.29. The molecule has 0 radical (unpaired) electrons. The summed E-state index contributed by atoms with van der Waals surface area (Å²) in [6.45, 7) is 6.18. The number of thiophene rings is 1. The van der Waals surface area contributed by atoms with Crippen LogP contribution in [0.3, 0.4) is 0 Å². The van der Waals surface area contributed by atoms with Crippen molar-refractivity contribution >= 4 is 33.0 Å². The van der Waals surface area contributed by atoms with Gasteiger partial charge in [0, 0.05) is 22.7 Å². The zero-order valence-corrected chi connectivity index (χ0v) is 14.0. The maximum Gasteiger partial charge on any atom is 0.266 e. The van der Waals surface area contributed by atoms with Crippen LogP contribution in [0.15, 0.2) is 18.2 Å². The normalized spacial score (nSPS) is 11.7. The second-order valence-corrected chi connectivity index (χ2v) is 6.79. The van der Waals surface area contributed by atoms with Crippen LogP contribution in [0.5, 0.6) is 5.75 Å². The Morgan fingerprint density at radius 1 is 1.43 bits per heavy atom. The molecule has 21 heavy (non-hydrogen) atoms. The van der Waals surface area contributed by atoms with E-state index in [0.717, 1.165) is 22.3 Å². The number of nitrogen functional groups attached to an aromatic ring is 1. The van der Waals surface area contributed by atoms with Crippen LogP contribution in [0, 0.1) is 0 Å². The predicted molar refractivity (Wildman–Crippen MR) is 89.3 cm³/mol. The first-order valence-electron chi connectivity index (χ1n) is 6.96. The van der Waals surface area contributed by atoms with Crippen LogP contribution < -0.4 is 10.5 Å². The number of methoxy groups -OCH3 is 1. The Morgan fingerprint density at radius 2 is 2.10 bits per heavy atom. The Labute approximate surface area is 129 Å². The van der Waals surface area contributed by atoms with E-state index in [0.29, 0.717) is 10.6 Å². The average Bonchev–Trinajstić information content (AvgIpc) is 2.82. The van der Waals surface area contributed by atoms with Crippen LogP contribution in [0.4, 0.5) is 5.69 Å². The molecule has 0 aliphatic rings. The molecular weight excluding hydrogens is 284 g/mol. The van der Waals surface area contributed by atoms with Crippen molar-refractivity contribution in [2.24, 2.45) is 0 Å². The van der Waals surface area contributed by atoms with Gasteiger partial charge in [0.2, 0.25) is 0 Å². The number of amides is 1. The van der Waals surface area contributed by atoms with Crippen molar-refractivity contribution in [1.29, 1.82) is 0 Å². The highest BCUT2D eigenvalue weighted by Crippen LogP contribution is 2.37. The van der Waals surface area contributed by atoms with E-state index in [2.05, 4.69) is 20.8 Å². The zero-order chi connectivity index (χ0) is 15.8. The number of nitrogens with two attached hydrogens (primary N) is 1. The number of carbonyl (C=O) groups excluding carboxylic acids is 1. The molecule has 1 heterocycles. The lowest BCUT2D eigenvalue weighted by Gasteiger charge is -2.34. The first kappa shape index (κ1) is 15.6. The minimum atomic E-state index is -0.197. The molecule has 2 rings (SSSR count). The van der Waals surface area contributed by atoms with Gasteiger partial charge in [-0.2, -0.15) is 0 Å². The summed E-state index contributed by atoms with van der Waals surface area (Å²) in [5, 5.41) is 0.909. The number of nitrogens with zero attached hydrogens (tertiary/aromatic N) is 1. The Morgan fingerprint density at radius 3 is 2.67 bits per heavy atom. The number of anilines is 1. The van der Waals surface area contributed by atoms with Crippen molar-refractivity contribution in [1.82, 2.24) is 4.90 Å². The third kappa shape index (κ3) is 2.70. The Kier molecular flexibility index (Phi) is 4.14. The standard InChI is InChI=1S/C16H22N2O2S/c1-6-16(2,3)18(4)15(19)14-13(17)11-8-7-10(20-5)9-12(11)21-14/h7-9H,6,17H2,1-5H3. The number of rotatable bonds is 4. The summed E-state index contributed by atoms with van der Waals surface area (Å²) in [6.07, 6.45) is 0.883. The van der Waals surface area contributed by atoms with Gasteiger partial charge in [-0.05, 0) is 38.5 Å². The maximum atomic E-state index is 12.7. The Hall–Kier alpha value is -1.75. The van der Waals surface area contributed by atoms with Gasteiger partial charge >= 0.3 is 0 Å². The third-order valence-electron chi connectivity index (χ3n) is 4.21. The zero-order valence-electron chi connectivity index (χ0n) is 13.2. The van der Waals surface area contributed by atoms with E-state index in [1.165, 1.54) is 11.3 Å². The average molecular weight is 306 g/mol. The number of fused-ring (bicyclic) bond motifs is 1. The van der Waals surface area contributed by atoms with E-state index in [1.807, 2.05) is 25.2 Å².